The number of amides is 3. The van der Waals surface area contributed by atoms with E-state index in [1.165, 1.54) is 0 Å². The molecule has 0 spiro atoms. The molecule has 27 heavy (non-hydrogen) atoms. The molecule has 0 aliphatic heterocycles. The van der Waals surface area contributed by atoms with E-state index in [9.17, 15) is 14.4 Å². The van der Waals surface area contributed by atoms with E-state index < -0.39 is 24.0 Å². The molecule has 2 aromatic rings. The molecule has 0 fully saturated rings. The van der Waals surface area contributed by atoms with E-state index in [0.717, 1.165) is 5.56 Å². The Hall–Kier alpha value is -3.23. The van der Waals surface area contributed by atoms with Gasteiger partial charge >= 0.3 is 12.0 Å². The number of ether oxygens (including phenoxy) is 1. The van der Waals surface area contributed by atoms with Gasteiger partial charge in [-0.05, 0) is 12.3 Å². The molecule has 3 amide bonds. The number of aromatic nitrogens is 2. The van der Waals surface area contributed by atoms with Crippen molar-refractivity contribution in [1.82, 2.24) is 15.5 Å². The van der Waals surface area contributed by atoms with Gasteiger partial charge in [0.2, 0.25) is 11.7 Å². The number of carbonyl (C=O) groups excluding carboxylic acids is 3. The number of benzene rings is 1. The average Bonchev–Trinajstić information content (AvgIpc) is 3.08. The molecule has 1 aromatic heterocycles. The van der Waals surface area contributed by atoms with Gasteiger partial charge in [-0.2, -0.15) is 4.98 Å². The first-order valence-corrected chi connectivity index (χ1v) is 8.54. The number of aryl methyl sites for hydroxylation is 1. The summed E-state index contributed by atoms with van der Waals surface area (Å²) in [6, 6.07) is 8.39. The second kappa shape index (κ2) is 9.46. The molecule has 0 saturated carbocycles. The third kappa shape index (κ3) is 6.21. The molecule has 3 N–H and O–H groups in total. The molecular weight excluding hydrogens is 352 g/mol. The minimum atomic E-state index is -1.09. The van der Waals surface area contributed by atoms with Crippen molar-refractivity contribution < 1.29 is 23.6 Å². The average molecular weight is 374 g/mol. The smallest absolute Gasteiger partial charge is 0.318 e. The first-order chi connectivity index (χ1) is 12.9. The summed E-state index contributed by atoms with van der Waals surface area (Å²) in [6.45, 7) is 3.39. The molecule has 2 rings (SSSR count). The van der Waals surface area contributed by atoms with Crippen LogP contribution in [0.2, 0.25) is 0 Å². The Morgan fingerprint density at radius 2 is 1.93 bits per heavy atom. The van der Waals surface area contributed by atoms with Crippen molar-refractivity contribution in [2.75, 3.05) is 0 Å². The number of urea groups is 1. The number of nitrogens with zero attached hydrogens (tertiary/aromatic N) is 2. The van der Waals surface area contributed by atoms with Crippen LogP contribution >= 0.6 is 0 Å². The lowest BCUT2D eigenvalue weighted by molar-refractivity contribution is -0.158. The van der Waals surface area contributed by atoms with Gasteiger partial charge in [-0.25, -0.2) is 4.79 Å². The quantitative estimate of drug-likeness (QED) is 0.672. The van der Waals surface area contributed by atoms with E-state index in [1.54, 1.807) is 13.8 Å². The van der Waals surface area contributed by atoms with Crippen LogP contribution < -0.4 is 11.1 Å². The maximum absolute atomic E-state index is 12.0. The van der Waals surface area contributed by atoms with Gasteiger partial charge in [-0.1, -0.05) is 49.3 Å². The fourth-order valence-electron chi connectivity index (χ4n) is 2.33. The molecule has 1 atom stereocenters. The highest BCUT2D eigenvalue weighted by Gasteiger charge is 2.27. The molecular formula is C18H22N4O5. The largest absolute Gasteiger partial charge is 0.452 e. The van der Waals surface area contributed by atoms with E-state index in [0.29, 0.717) is 24.6 Å². The first kappa shape index (κ1) is 20.1. The molecule has 0 radical (unpaired) electrons. The lowest BCUT2D eigenvalue weighted by atomic mass is 10.1. The SMILES string of the molecule is CC(C)[C@@H](OC(=O)CCCc1nc(-c2ccccc2)no1)C(=O)NC(N)=O. The molecule has 0 aliphatic rings. The Kier molecular flexibility index (Phi) is 7.04. The van der Waals surface area contributed by atoms with E-state index in [4.69, 9.17) is 15.0 Å². The molecule has 0 saturated heterocycles. The van der Waals surface area contributed by atoms with Crippen molar-refractivity contribution in [3.8, 4) is 11.4 Å². The van der Waals surface area contributed by atoms with Crippen molar-refractivity contribution in [2.24, 2.45) is 11.7 Å². The number of hydrogen-bond donors (Lipinski definition) is 2. The van der Waals surface area contributed by atoms with Crippen LogP contribution in [0.5, 0.6) is 0 Å². The van der Waals surface area contributed by atoms with Crippen LogP contribution in [0, 0.1) is 5.92 Å². The van der Waals surface area contributed by atoms with Gasteiger partial charge < -0.3 is 15.0 Å². The van der Waals surface area contributed by atoms with Crippen molar-refractivity contribution in [2.45, 2.75) is 39.2 Å². The van der Waals surface area contributed by atoms with Gasteiger partial charge in [0, 0.05) is 18.4 Å². The van der Waals surface area contributed by atoms with Crippen LogP contribution in [0.25, 0.3) is 11.4 Å². The first-order valence-electron chi connectivity index (χ1n) is 8.54. The minimum absolute atomic E-state index is 0.0656. The van der Waals surface area contributed by atoms with Gasteiger partial charge in [0.25, 0.3) is 5.91 Å². The van der Waals surface area contributed by atoms with Crippen LogP contribution in [0.4, 0.5) is 4.79 Å². The highest BCUT2D eigenvalue weighted by Crippen LogP contribution is 2.16. The van der Waals surface area contributed by atoms with Crippen LogP contribution in [-0.4, -0.2) is 34.2 Å². The number of primary amides is 1. The lowest BCUT2D eigenvalue weighted by Crippen LogP contribution is -2.45. The van der Waals surface area contributed by atoms with Crippen molar-refractivity contribution in [3.05, 3.63) is 36.2 Å². The normalized spacial score (nSPS) is 11.8. The van der Waals surface area contributed by atoms with Crippen LogP contribution in [0.15, 0.2) is 34.9 Å². The number of imide groups is 1. The second-order valence-corrected chi connectivity index (χ2v) is 6.24. The van der Waals surface area contributed by atoms with Gasteiger partial charge in [0.05, 0.1) is 0 Å². The molecule has 0 bridgehead atoms. The summed E-state index contributed by atoms with van der Waals surface area (Å²) >= 11 is 0. The van der Waals surface area contributed by atoms with E-state index in [1.807, 2.05) is 35.6 Å². The number of nitrogens with one attached hydrogen (secondary N) is 1. The van der Waals surface area contributed by atoms with E-state index >= 15 is 0 Å². The number of carbonyl (C=O) groups is 3. The highest BCUT2D eigenvalue weighted by atomic mass is 16.5. The number of rotatable bonds is 8. The van der Waals surface area contributed by atoms with Crippen LogP contribution in [-0.2, 0) is 20.7 Å². The predicted octanol–water partition coefficient (Wildman–Crippen LogP) is 1.82. The summed E-state index contributed by atoms with van der Waals surface area (Å²) in [5.41, 5.74) is 5.76. The number of hydrogen-bond acceptors (Lipinski definition) is 7. The third-order valence-electron chi connectivity index (χ3n) is 3.64. The number of esters is 1. The van der Waals surface area contributed by atoms with Crippen molar-refractivity contribution in [1.29, 1.82) is 0 Å². The number of nitrogens with two attached hydrogens (primary N) is 1. The summed E-state index contributed by atoms with van der Waals surface area (Å²) in [7, 11) is 0. The van der Waals surface area contributed by atoms with Gasteiger partial charge in [-0.3, -0.25) is 14.9 Å². The highest BCUT2D eigenvalue weighted by molar-refractivity contribution is 5.96. The monoisotopic (exact) mass is 374 g/mol. The molecule has 144 valence electrons. The fraction of sp³-hybridized carbons (Fsp3) is 0.389. The maximum atomic E-state index is 12.0. The molecule has 0 aliphatic carbocycles. The van der Waals surface area contributed by atoms with E-state index in [-0.39, 0.29) is 12.3 Å². The molecule has 1 heterocycles. The Morgan fingerprint density at radius 3 is 2.56 bits per heavy atom. The standard InChI is InChI=1S/C18H22N4O5/c1-11(2)15(17(24)21-18(19)25)26-14(23)10-6-9-13-20-16(22-27-13)12-7-4-3-5-8-12/h3-5,7-8,11,15H,6,9-10H2,1-2H3,(H3,19,21,24,25)/t15-/m1/s1. The Balaban J connectivity index is 1.82. The molecule has 9 nitrogen and oxygen atoms in total. The summed E-state index contributed by atoms with van der Waals surface area (Å²) < 4.78 is 10.3. The Labute approximate surface area is 156 Å². The lowest BCUT2D eigenvalue weighted by Gasteiger charge is -2.19. The summed E-state index contributed by atoms with van der Waals surface area (Å²) in [6.07, 6.45) is -0.208. The zero-order valence-electron chi connectivity index (χ0n) is 15.2. The molecule has 9 heteroatoms. The van der Waals surface area contributed by atoms with Crippen LogP contribution in [0.1, 0.15) is 32.6 Å². The summed E-state index contributed by atoms with van der Waals surface area (Å²) in [5, 5.41) is 5.83. The topological polar surface area (TPSA) is 137 Å². The summed E-state index contributed by atoms with van der Waals surface area (Å²) in [4.78, 5) is 38.9. The predicted molar refractivity (Wildman–Crippen MR) is 95.1 cm³/mol. The molecule has 0 unspecified atom stereocenters. The van der Waals surface area contributed by atoms with Crippen molar-refractivity contribution in [3.63, 3.8) is 0 Å². The fourth-order valence-corrected chi connectivity index (χ4v) is 2.33. The zero-order valence-corrected chi connectivity index (χ0v) is 15.2. The van der Waals surface area contributed by atoms with E-state index in [2.05, 4.69) is 10.1 Å². The maximum Gasteiger partial charge on any atom is 0.318 e. The van der Waals surface area contributed by atoms with Gasteiger partial charge in [-0.15, -0.1) is 0 Å². The van der Waals surface area contributed by atoms with Crippen molar-refractivity contribution >= 4 is 17.9 Å². The Morgan fingerprint density at radius 1 is 1.22 bits per heavy atom. The zero-order chi connectivity index (χ0) is 19.8. The second-order valence-electron chi connectivity index (χ2n) is 6.24. The third-order valence-corrected chi connectivity index (χ3v) is 3.64. The van der Waals surface area contributed by atoms with Crippen LogP contribution in [0.3, 0.4) is 0 Å². The van der Waals surface area contributed by atoms with Gasteiger partial charge in [0.1, 0.15) is 0 Å². The molecule has 1 aromatic carbocycles. The van der Waals surface area contributed by atoms with Gasteiger partial charge in [0.15, 0.2) is 6.10 Å². The minimum Gasteiger partial charge on any atom is -0.452 e. The summed E-state index contributed by atoms with van der Waals surface area (Å²) in [5.74, 6) is -0.714. The Bertz CT molecular complexity index is 788.